The Labute approximate surface area is 301 Å². The second-order valence-corrected chi connectivity index (χ2v) is 12.9. The van der Waals surface area contributed by atoms with Gasteiger partial charge in [-0.15, -0.1) is 0 Å². The van der Waals surface area contributed by atoms with Crippen LogP contribution in [0.15, 0.2) is 18.2 Å². The Morgan fingerprint density at radius 2 is 0.812 bits per heavy atom. The highest BCUT2D eigenvalue weighted by molar-refractivity contribution is 6.32. The Balaban J connectivity index is -0.000000158. The van der Waals surface area contributed by atoms with Crippen LogP contribution in [0.4, 0.5) is 4.53 Å². The molecule has 13 heteroatoms. The van der Waals surface area contributed by atoms with Gasteiger partial charge in [-0.1, -0.05) is 17.7 Å². The molecule has 0 spiro atoms. The molecule has 0 unspecified atom stereocenters. The molecule has 0 bridgehead atoms. The average molecular weight is 713 g/mol. The third-order valence-corrected chi connectivity index (χ3v) is 10.7. The summed E-state index contributed by atoms with van der Waals surface area (Å²) in [5.41, 5.74) is -0.412. The van der Waals surface area contributed by atoms with Gasteiger partial charge in [-0.05, 0) is 95.2 Å². The first kappa shape index (κ1) is 55.9. The summed E-state index contributed by atoms with van der Waals surface area (Å²) in [4.78, 5) is 13.6. The van der Waals surface area contributed by atoms with Crippen LogP contribution in [-0.2, 0) is 0 Å². The molecular formula is C35H75BClFN4O6. The number of carbonyl (C=O) groups is 1. The number of aromatic carboxylic acids is 1. The number of nitrogens with zero attached hydrogens (tertiary/aromatic N) is 4. The summed E-state index contributed by atoms with van der Waals surface area (Å²) in [7, 11) is 6.25. The molecule has 0 aliphatic carbocycles. The summed E-state index contributed by atoms with van der Waals surface area (Å²) in [6.45, 7) is 42.0. The van der Waals surface area contributed by atoms with E-state index in [0.717, 1.165) is 6.07 Å². The third-order valence-electron chi connectivity index (χ3n) is 10.4. The van der Waals surface area contributed by atoms with Crippen LogP contribution in [-0.4, -0.2) is 138 Å². The lowest BCUT2D eigenvalue weighted by Gasteiger charge is -2.35. The lowest BCUT2D eigenvalue weighted by Crippen LogP contribution is -2.56. The number of benzene rings is 1. The molecule has 0 N–H and O–H groups in total. The molecule has 1 aromatic rings. The maximum Gasteiger partial charge on any atom is 0.199 e. The summed E-state index contributed by atoms with van der Waals surface area (Å²) in [5.74, 6) is -2.07. The number of hydrogen-bond donors (Lipinski definition) is 0. The summed E-state index contributed by atoms with van der Waals surface area (Å²) in [6, 6.07) is 3.80. The fourth-order valence-corrected chi connectivity index (χ4v) is 3.63. The molecule has 0 aliphatic heterocycles. The number of carboxylic acid groups (broad SMARTS) is 1. The van der Waals surface area contributed by atoms with E-state index in [1.807, 2.05) is 0 Å². The number of carboxylic acids is 1. The second-order valence-electron chi connectivity index (χ2n) is 12.5. The summed E-state index contributed by atoms with van der Waals surface area (Å²) >= 11 is 5.42. The van der Waals surface area contributed by atoms with Crippen LogP contribution >= 0.6 is 11.6 Å². The molecule has 0 aliphatic rings. The van der Waals surface area contributed by atoms with Crippen LogP contribution in [0.5, 0.6) is 5.75 Å². The number of carbonyl (C=O) groups excluding carboxylic acids is 1. The minimum Gasteiger partial charge on any atom is -0.907 e. The Hall–Kier alpha value is -1.51. The van der Waals surface area contributed by atoms with Crippen LogP contribution in [0.3, 0.4) is 0 Å². The zero-order valence-corrected chi connectivity index (χ0v) is 34.5. The quantitative estimate of drug-likeness (QED) is 0.216. The standard InChI is InChI=1S/C7H4ClFO3.4C7H18N.BO3/c8-5-3-1-2-4(7(10)11)6(5)12-9;4*1-5-8(4,6-2)7-3;2-1(3)4/h1-3H,(H,10,11);4*5-7H2,1-4H3;/q;4*+1;-3/p-1. The van der Waals surface area contributed by atoms with Gasteiger partial charge in [0, 0.05) is 10.1 Å². The van der Waals surface area contributed by atoms with Gasteiger partial charge in [-0.25, -0.2) is 0 Å². The van der Waals surface area contributed by atoms with Gasteiger partial charge in [0.1, 0.15) is 0 Å². The van der Waals surface area contributed by atoms with E-state index in [4.69, 9.17) is 26.7 Å². The van der Waals surface area contributed by atoms with Gasteiger partial charge in [0.05, 0.1) is 118 Å². The fourth-order valence-electron chi connectivity index (χ4n) is 3.43. The second kappa shape index (κ2) is 31.5. The van der Waals surface area contributed by atoms with Crippen LogP contribution < -0.4 is 25.1 Å². The van der Waals surface area contributed by atoms with Crippen LogP contribution in [0.1, 0.15) is 93.4 Å². The minimum absolute atomic E-state index is 0.112. The molecular weight excluding hydrogens is 638 g/mol. The summed E-state index contributed by atoms with van der Waals surface area (Å²) in [5, 5.41) is 35.5. The maximum atomic E-state index is 11.7. The SMILES string of the molecule is CC[N+](C)(CC)CC.CC[N+](C)(CC)CC.CC[N+](C)(CC)CC.CC[N+](C)(CC)CC.O=C([O-])c1cccc(Cl)c1OF.[O-]B([O-])[O-]. The van der Waals surface area contributed by atoms with Crippen molar-refractivity contribution in [2.75, 3.05) is 107 Å². The van der Waals surface area contributed by atoms with Gasteiger partial charge in [0.2, 0.25) is 0 Å². The van der Waals surface area contributed by atoms with Crippen LogP contribution in [0, 0.1) is 0 Å². The van der Waals surface area contributed by atoms with Gasteiger partial charge >= 0.3 is 0 Å². The Bertz CT molecular complexity index is 779. The molecule has 0 amide bonds. The van der Waals surface area contributed by atoms with Gasteiger partial charge in [-0.3, -0.25) is 12.3 Å². The molecule has 0 fully saturated rings. The van der Waals surface area contributed by atoms with E-state index in [9.17, 15) is 14.4 Å². The number of rotatable bonds is 14. The molecule has 1 rings (SSSR count). The number of halogens is 2. The van der Waals surface area contributed by atoms with Crippen molar-refractivity contribution in [3.8, 4) is 5.75 Å². The van der Waals surface area contributed by atoms with Crippen molar-refractivity contribution in [1.82, 2.24) is 0 Å². The third kappa shape index (κ3) is 28.3. The van der Waals surface area contributed by atoms with E-state index < -0.39 is 24.6 Å². The van der Waals surface area contributed by atoms with Crippen molar-refractivity contribution in [2.24, 2.45) is 0 Å². The number of quaternary nitrogens is 4. The van der Waals surface area contributed by atoms with Crippen LogP contribution in [0.2, 0.25) is 5.02 Å². The van der Waals surface area contributed by atoms with E-state index in [-0.39, 0.29) is 5.02 Å². The molecule has 0 atom stereocenters. The van der Waals surface area contributed by atoms with Crippen molar-refractivity contribution >= 4 is 24.9 Å². The molecule has 10 nitrogen and oxygen atoms in total. The molecule has 0 saturated carbocycles. The van der Waals surface area contributed by atoms with Crippen molar-refractivity contribution in [3.63, 3.8) is 0 Å². The van der Waals surface area contributed by atoms with Gasteiger partial charge in [0.15, 0.2) is 5.75 Å². The predicted molar refractivity (Wildman–Crippen MR) is 195 cm³/mol. The first-order valence-electron chi connectivity index (χ1n) is 17.7. The predicted octanol–water partition coefficient (Wildman–Crippen LogP) is 2.99. The monoisotopic (exact) mass is 713 g/mol. The highest BCUT2D eigenvalue weighted by Gasteiger charge is 2.13. The molecule has 288 valence electrons. The van der Waals surface area contributed by atoms with E-state index >= 15 is 0 Å². The Kier molecular flexibility index (Phi) is 36.6. The molecule has 0 heterocycles. The Morgan fingerprint density at radius 1 is 0.604 bits per heavy atom. The number of hydrogen-bond acceptors (Lipinski definition) is 6. The van der Waals surface area contributed by atoms with Crippen molar-refractivity contribution in [3.05, 3.63) is 28.8 Å². The normalized spacial score (nSPS) is 10.9. The van der Waals surface area contributed by atoms with E-state index in [0.29, 0.717) is 0 Å². The smallest absolute Gasteiger partial charge is 0.199 e. The average Bonchev–Trinajstić information content (AvgIpc) is 3.10. The van der Waals surface area contributed by atoms with Gasteiger partial charge < -0.3 is 42.9 Å². The zero-order valence-electron chi connectivity index (χ0n) is 33.8. The van der Waals surface area contributed by atoms with Crippen molar-refractivity contribution in [1.29, 1.82) is 0 Å². The fraction of sp³-hybridized carbons (Fsp3) is 0.800. The topological polar surface area (TPSA) is 119 Å². The maximum absolute atomic E-state index is 11.7. The molecule has 0 aromatic heterocycles. The molecule has 1 aromatic carbocycles. The first-order valence-corrected chi connectivity index (χ1v) is 18.1. The summed E-state index contributed by atoms with van der Waals surface area (Å²) in [6.07, 6.45) is 0. The van der Waals surface area contributed by atoms with Gasteiger partial charge in [0.25, 0.3) is 0 Å². The zero-order chi connectivity index (χ0) is 39.2. The minimum atomic E-state index is -2.92. The Morgan fingerprint density at radius 3 is 0.917 bits per heavy atom. The number of para-hydroxylation sites is 1. The molecule has 0 radical (unpaired) electrons. The molecule has 0 saturated heterocycles. The molecule has 48 heavy (non-hydrogen) atoms. The van der Waals surface area contributed by atoms with E-state index in [1.54, 1.807) is 0 Å². The van der Waals surface area contributed by atoms with Gasteiger partial charge in [-0.2, -0.15) is 0 Å². The van der Waals surface area contributed by atoms with E-state index in [2.05, 4.69) is 116 Å². The van der Waals surface area contributed by atoms with Crippen LogP contribution in [0.25, 0.3) is 0 Å². The largest absolute Gasteiger partial charge is 0.907 e. The van der Waals surface area contributed by atoms with Crippen molar-refractivity contribution in [2.45, 2.75) is 83.1 Å². The summed E-state index contributed by atoms with van der Waals surface area (Å²) < 4.78 is 16.6. The van der Waals surface area contributed by atoms with Crippen molar-refractivity contribution < 1.29 is 52.4 Å². The first-order chi connectivity index (χ1) is 22.1. The lowest BCUT2D eigenvalue weighted by molar-refractivity contribution is -0.904. The van der Waals surface area contributed by atoms with E-state index in [1.165, 1.54) is 109 Å². The highest BCUT2D eigenvalue weighted by Crippen LogP contribution is 2.28. The lowest BCUT2D eigenvalue weighted by atomic mass is 10.2. The highest BCUT2D eigenvalue weighted by atomic mass is 35.5.